The molecule has 0 aliphatic carbocycles. The van der Waals surface area contributed by atoms with E-state index in [1.54, 1.807) is 6.07 Å². The van der Waals surface area contributed by atoms with Gasteiger partial charge in [-0.15, -0.1) is 0 Å². The summed E-state index contributed by atoms with van der Waals surface area (Å²) < 4.78 is 0. The molecule has 0 unspecified atom stereocenters. The predicted molar refractivity (Wildman–Crippen MR) is 111 cm³/mol. The molecule has 2 aromatic rings. The molecule has 0 radical (unpaired) electrons. The van der Waals surface area contributed by atoms with Gasteiger partial charge < -0.3 is 20.4 Å². The minimum Gasteiger partial charge on any atom is -0.369 e. The van der Waals surface area contributed by atoms with E-state index in [4.69, 9.17) is 0 Å². The van der Waals surface area contributed by atoms with Crippen molar-refractivity contribution >= 4 is 23.2 Å². The van der Waals surface area contributed by atoms with Crippen LogP contribution in [0.5, 0.6) is 0 Å². The van der Waals surface area contributed by atoms with Crippen LogP contribution in [0.15, 0.2) is 42.6 Å². The summed E-state index contributed by atoms with van der Waals surface area (Å²) in [7, 11) is 2.13. The molecule has 0 atom stereocenters. The van der Waals surface area contributed by atoms with E-state index in [-0.39, 0.29) is 17.5 Å². The number of hydrogen-bond donors (Lipinski definition) is 2. The van der Waals surface area contributed by atoms with Gasteiger partial charge in [-0.2, -0.15) is 0 Å². The molecule has 0 saturated carbocycles. The number of anilines is 2. The summed E-state index contributed by atoms with van der Waals surface area (Å²) >= 11 is 0. The minimum atomic E-state index is -0.336. The number of carbonyl (C=O) groups is 2. The first-order chi connectivity index (χ1) is 13.6. The van der Waals surface area contributed by atoms with Gasteiger partial charge in [0.25, 0.3) is 11.8 Å². The molecule has 0 bridgehead atoms. The monoisotopic (exact) mass is 381 g/mol. The fourth-order valence-electron chi connectivity index (χ4n) is 3.05. The van der Waals surface area contributed by atoms with Crippen molar-refractivity contribution in [1.82, 2.24) is 15.2 Å². The van der Waals surface area contributed by atoms with E-state index in [0.29, 0.717) is 17.8 Å². The molecule has 2 amide bonds. The third-order valence-electron chi connectivity index (χ3n) is 4.78. The third-order valence-corrected chi connectivity index (χ3v) is 4.78. The normalized spacial score (nSPS) is 14.6. The van der Waals surface area contributed by atoms with Gasteiger partial charge in [-0.05, 0) is 49.9 Å². The molecule has 2 heterocycles. The molecule has 7 heteroatoms. The van der Waals surface area contributed by atoms with Gasteiger partial charge in [0.1, 0.15) is 5.69 Å². The van der Waals surface area contributed by atoms with Crippen molar-refractivity contribution in [3.8, 4) is 0 Å². The second-order valence-electron chi connectivity index (χ2n) is 6.98. The van der Waals surface area contributed by atoms with Gasteiger partial charge in [0.15, 0.2) is 0 Å². The van der Waals surface area contributed by atoms with Crippen molar-refractivity contribution in [3.05, 3.63) is 53.9 Å². The Kier molecular flexibility index (Phi) is 6.60. The predicted octanol–water partition coefficient (Wildman–Crippen LogP) is 2.23. The van der Waals surface area contributed by atoms with E-state index in [1.165, 1.54) is 12.3 Å². The van der Waals surface area contributed by atoms with Gasteiger partial charge in [-0.3, -0.25) is 14.6 Å². The average Bonchev–Trinajstić information content (AvgIpc) is 2.73. The lowest BCUT2D eigenvalue weighted by Gasteiger charge is -2.34. The third kappa shape index (κ3) is 5.07. The molecular weight excluding hydrogens is 354 g/mol. The number of pyridine rings is 1. The van der Waals surface area contributed by atoms with E-state index in [1.807, 2.05) is 31.2 Å². The molecule has 148 valence electrons. The number of benzene rings is 1. The Labute approximate surface area is 165 Å². The zero-order valence-corrected chi connectivity index (χ0v) is 16.4. The maximum Gasteiger partial charge on any atom is 0.274 e. The maximum absolute atomic E-state index is 12.5. The number of rotatable bonds is 6. The van der Waals surface area contributed by atoms with Crippen LogP contribution in [0.1, 0.15) is 34.2 Å². The average molecular weight is 381 g/mol. The molecule has 1 aromatic carbocycles. The van der Waals surface area contributed by atoms with Crippen molar-refractivity contribution < 1.29 is 9.59 Å². The highest BCUT2D eigenvalue weighted by atomic mass is 16.2. The fraction of sp³-hybridized carbons (Fsp3) is 0.381. The van der Waals surface area contributed by atoms with Crippen LogP contribution in [0, 0.1) is 0 Å². The number of aromatic nitrogens is 1. The van der Waals surface area contributed by atoms with Crippen LogP contribution in [-0.4, -0.2) is 61.5 Å². The summed E-state index contributed by atoms with van der Waals surface area (Å²) in [5.74, 6) is -0.535. The van der Waals surface area contributed by atoms with Crippen LogP contribution in [0.25, 0.3) is 0 Å². The quantitative estimate of drug-likeness (QED) is 0.802. The van der Waals surface area contributed by atoms with E-state index in [0.717, 1.165) is 38.3 Å². The van der Waals surface area contributed by atoms with Gasteiger partial charge in [-0.25, -0.2) is 0 Å². The molecule has 2 N–H and O–H groups in total. The number of carbonyl (C=O) groups excluding carboxylic acids is 2. The number of nitrogens with zero attached hydrogens (tertiary/aromatic N) is 3. The van der Waals surface area contributed by atoms with Crippen molar-refractivity contribution in [2.45, 2.75) is 13.3 Å². The van der Waals surface area contributed by atoms with Crippen molar-refractivity contribution in [2.75, 3.05) is 50.0 Å². The van der Waals surface area contributed by atoms with Crippen LogP contribution in [-0.2, 0) is 0 Å². The second kappa shape index (κ2) is 9.32. The summed E-state index contributed by atoms with van der Waals surface area (Å²) in [6.07, 6.45) is 2.33. The van der Waals surface area contributed by atoms with Crippen LogP contribution in [0.4, 0.5) is 11.4 Å². The van der Waals surface area contributed by atoms with Crippen LogP contribution in [0.2, 0.25) is 0 Å². The van der Waals surface area contributed by atoms with Crippen molar-refractivity contribution in [1.29, 1.82) is 0 Å². The fourth-order valence-corrected chi connectivity index (χ4v) is 3.05. The first-order valence-corrected chi connectivity index (χ1v) is 9.66. The zero-order valence-electron chi connectivity index (χ0n) is 16.4. The molecule has 1 aromatic heterocycles. The molecule has 3 rings (SSSR count). The Morgan fingerprint density at radius 1 is 1.04 bits per heavy atom. The molecule has 0 spiro atoms. The van der Waals surface area contributed by atoms with Crippen molar-refractivity contribution in [2.24, 2.45) is 0 Å². The Morgan fingerprint density at radius 2 is 1.75 bits per heavy atom. The summed E-state index contributed by atoms with van der Waals surface area (Å²) in [5, 5.41) is 5.64. The number of likely N-dealkylation sites (N-methyl/N-ethyl adjacent to an activating group) is 1. The first kappa shape index (κ1) is 19.8. The minimum absolute atomic E-state index is 0.199. The van der Waals surface area contributed by atoms with Gasteiger partial charge in [0.2, 0.25) is 0 Å². The van der Waals surface area contributed by atoms with E-state index in [2.05, 4.69) is 32.5 Å². The topological polar surface area (TPSA) is 77.6 Å². The lowest BCUT2D eigenvalue weighted by atomic mass is 10.2. The van der Waals surface area contributed by atoms with Crippen LogP contribution < -0.4 is 15.5 Å². The molecule has 1 fully saturated rings. The highest BCUT2D eigenvalue weighted by molar-refractivity contribution is 6.04. The van der Waals surface area contributed by atoms with Crippen molar-refractivity contribution in [3.63, 3.8) is 0 Å². The molecule has 1 saturated heterocycles. The summed E-state index contributed by atoms with van der Waals surface area (Å²) in [4.78, 5) is 33.3. The largest absolute Gasteiger partial charge is 0.369 e. The van der Waals surface area contributed by atoms with E-state index in [9.17, 15) is 9.59 Å². The number of nitrogens with one attached hydrogen (secondary N) is 2. The van der Waals surface area contributed by atoms with Crippen LogP contribution >= 0.6 is 0 Å². The first-order valence-electron chi connectivity index (χ1n) is 9.66. The van der Waals surface area contributed by atoms with Gasteiger partial charge in [0.05, 0.1) is 0 Å². The summed E-state index contributed by atoms with van der Waals surface area (Å²) in [5.41, 5.74) is 2.50. The molecular formula is C21H27N5O2. The Balaban J connectivity index is 1.62. The Morgan fingerprint density at radius 3 is 2.43 bits per heavy atom. The zero-order chi connectivity index (χ0) is 19.9. The number of piperazine rings is 1. The lowest BCUT2D eigenvalue weighted by Crippen LogP contribution is -2.44. The summed E-state index contributed by atoms with van der Waals surface area (Å²) in [6.45, 7) is 6.68. The van der Waals surface area contributed by atoms with E-state index < -0.39 is 0 Å². The molecule has 1 aliphatic rings. The molecule has 7 nitrogen and oxygen atoms in total. The Hall–Kier alpha value is -2.93. The second-order valence-corrected chi connectivity index (χ2v) is 6.98. The maximum atomic E-state index is 12.5. The Bertz CT molecular complexity index is 814. The van der Waals surface area contributed by atoms with E-state index >= 15 is 0 Å². The highest BCUT2D eigenvalue weighted by Gasteiger charge is 2.15. The van der Waals surface area contributed by atoms with Crippen LogP contribution in [0.3, 0.4) is 0 Å². The smallest absolute Gasteiger partial charge is 0.274 e. The van der Waals surface area contributed by atoms with Gasteiger partial charge in [0, 0.05) is 55.9 Å². The van der Waals surface area contributed by atoms with Gasteiger partial charge in [-0.1, -0.05) is 6.92 Å². The van der Waals surface area contributed by atoms with Gasteiger partial charge >= 0.3 is 0 Å². The lowest BCUT2D eigenvalue weighted by molar-refractivity contribution is 0.0953. The SMILES string of the molecule is CCCNC(=O)c1ccnc(C(=O)Nc2ccc(N3CCN(C)CC3)cc2)c1. The number of amides is 2. The summed E-state index contributed by atoms with van der Waals surface area (Å²) in [6, 6.07) is 10.9. The molecule has 1 aliphatic heterocycles. The highest BCUT2D eigenvalue weighted by Crippen LogP contribution is 2.19. The standard InChI is InChI=1S/C21H27N5O2/c1-3-9-23-20(27)16-8-10-22-19(15-16)21(28)24-17-4-6-18(7-5-17)26-13-11-25(2)12-14-26/h4-8,10,15H,3,9,11-14H2,1-2H3,(H,23,27)(H,24,28). The molecule has 28 heavy (non-hydrogen) atoms. The number of hydrogen-bond acceptors (Lipinski definition) is 5.